The molecule has 0 fully saturated rings. The van der Waals surface area contributed by atoms with Crippen molar-refractivity contribution in [2.75, 3.05) is 12.0 Å². The smallest absolute Gasteiger partial charge is 0.175 e. The third-order valence-corrected chi connectivity index (χ3v) is 4.08. The topological polar surface area (TPSA) is 51.2 Å². The first kappa shape index (κ1) is 14.0. The number of carbonyl (C=O) groups excluding carboxylic acids is 1. The monoisotopic (exact) mass is 270 g/mol. The summed E-state index contributed by atoms with van der Waals surface area (Å²) in [5.41, 5.74) is 0.520. The van der Waals surface area contributed by atoms with Crippen LogP contribution >= 0.6 is 11.8 Å². The number of sulfone groups is 1. The Morgan fingerprint density at radius 3 is 2.24 bits per heavy atom. The lowest BCUT2D eigenvalue weighted by Gasteiger charge is -2.02. The number of allylic oxidation sites excluding steroid dienone is 1. The van der Waals surface area contributed by atoms with Gasteiger partial charge in [0, 0.05) is 11.8 Å². The van der Waals surface area contributed by atoms with Gasteiger partial charge in [-0.3, -0.25) is 4.79 Å². The van der Waals surface area contributed by atoms with Crippen LogP contribution in [0, 0.1) is 0 Å². The molecular weight excluding hydrogens is 256 g/mol. The van der Waals surface area contributed by atoms with Crippen LogP contribution in [0.25, 0.3) is 0 Å². The van der Waals surface area contributed by atoms with Crippen molar-refractivity contribution in [1.82, 2.24) is 0 Å². The number of carbonyl (C=O) groups is 1. The Balaban J connectivity index is 2.81. The van der Waals surface area contributed by atoms with Crippen molar-refractivity contribution >= 4 is 27.4 Å². The normalized spacial score (nSPS) is 11.2. The van der Waals surface area contributed by atoms with Gasteiger partial charge in [0.1, 0.15) is 0 Å². The summed E-state index contributed by atoms with van der Waals surface area (Å²) >= 11 is 1.38. The lowest BCUT2D eigenvalue weighted by molar-refractivity contribution is 0.102. The van der Waals surface area contributed by atoms with Crippen molar-refractivity contribution in [3.63, 3.8) is 0 Å². The largest absolute Gasteiger partial charge is 0.293 e. The second-order valence-electron chi connectivity index (χ2n) is 3.71. The molecule has 0 aliphatic rings. The van der Waals surface area contributed by atoms with Crippen LogP contribution in [0.5, 0.6) is 0 Å². The highest BCUT2D eigenvalue weighted by atomic mass is 32.2. The van der Waals surface area contributed by atoms with Crippen LogP contribution in [0.15, 0.2) is 40.6 Å². The molecule has 0 radical (unpaired) electrons. The van der Waals surface area contributed by atoms with Crippen LogP contribution < -0.4 is 0 Å². The van der Waals surface area contributed by atoms with Gasteiger partial charge >= 0.3 is 0 Å². The molecule has 0 aliphatic heterocycles. The number of Topliss-reactive ketones (excluding diaryl/α,β-unsaturated/α-hetero) is 1. The molecule has 0 saturated heterocycles. The van der Waals surface area contributed by atoms with E-state index in [0.29, 0.717) is 11.3 Å². The molecule has 0 bridgehead atoms. The molecule has 0 N–H and O–H groups in total. The molecule has 92 valence electrons. The first-order chi connectivity index (χ1) is 7.80. The Kier molecular flexibility index (Phi) is 4.54. The molecule has 0 amide bonds. The summed E-state index contributed by atoms with van der Waals surface area (Å²) in [7, 11) is -3.20. The second-order valence-corrected chi connectivity index (χ2v) is 7.00. The number of hydrogen-bond acceptors (Lipinski definition) is 4. The number of ketones is 1. The molecule has 0 atom stereocenters. The van der Waals surface area contributed by atoms with Gasteiger partial charge in [-0.15, -0.1) is 11.8 Å². The van der Waals surface area contributed by atoms with Gasteiger partial charge in [-0.25, -0.2) is 8.42 Å². The Morgan fingerprint density at radius 1 is 1.29 bits per heavy atom. The van der Waals surface area contributed by atoms with Crippen molar-refractivity contribution < 1.29 is 13.2 Å². The lowest BCUT2D eigenvalue weighted by atomic mass is 10.1. The number of benzene rings is 1. The summed E-state index contributed by atoms with van der Waals surface area (Å²) in [6, 6.07) is 5.98. The average molecular weight is 270 g/mol. The SMILES string of the molecule is C=C(C)SCC(=O)c1ccc(S(C)(=O)=O)cc1. The molecule has 3 nitrogen and oxygen atoms in total. The van der Waals surface area contributed by atoms with Gasteiger partial charge in [0.25, 0.3) is 0 Å². The zero-order valence-corrected chi connectivity index (χ0v) is 11.4. The van der Waals surface area contributed by atoms with E-state index in [1.54, 1.807) is 0 Å². The minimum Gasteiger partial charge on any atom is -0.293 e. The summed E-state index contributed by atoms with van der Waals surface area (Å²) in [5, 5.41) is 0. The summed E-state index contributed by atoms with van der Waals surface area (Å²) in [5.74, 6) is 0.297. The van der Waals surface area contributed by atoms with Crippen LogP contribution in [0.1, 0.15) is 17.3 Å². The van der Waals surface area contributed by atoms with E-state index in [1.807, 2.05) is 6.92 Å². The van der Waals surface area contributed by atoms with Crippen LogP contribution in [-0.2, 0) is 9.84 Å². The predicted molar refractivity (Wildman–Crippen MR) is 71.2 cm³/mol. The molecule has 1 aromatic carbocycles. The van der Waals surface area contributed by atoms with Crippen LogP contribution in [0.3, 0.4) is 0 Å². The Morgan fingerprint density at radius 2 is 1.82 bits per heavy atom. The van der Waals surface area contributed by atoms with Gasteiger partial charge < -0.3 is 0 Å². The number of thioether (sulfide) groups is 1. The maximum absolute atomic E-state index is 11.7. The summed E-state index contributed by atoms with van der Waals surface area (Å²) < 4.78 is 22.5. The molecule has 5 heteroatoms. The van der Waals surface area contributed by atoms with Gasteiger partial charge in [-0.05, 0) is 24.0 Å². The standard InChI is InChI=1S/C12H14O3S2/c1-9(2)16-8-12(13)10-4-6-11(7-5-10)17(3,14)15/h4-7H,1,8H2,2-3H3. The first-order valence-corrected chi connectivity index (χ1v) is 7.80. The zero-order valence-electron chi connectivity index (χ0n) is 9.76. The van der Waals surface area contributed by atoms with E-state index < -0.39 is 9.84 Å². The molecule has 0 aliphatic carbocycles. The third kappa shape index (κ3) is 4.36. The Labute approximate surface area is 106 Å². The average Bonchev–Trinajstić information content (AvgIpc) is 2.25. The predicted octanol–water partition coefficient (Wildman–Crippen LogP) is 2.54. The van der Waals surface area contributed by atoms with Crippen LogP contribution in [-0.4, -0.2) is 26.2 Å². The van der Waals surface area contributed by atoms with E-state index in [-0.39, 0.29) is 10.7 Å². The lowest BCUT2D eigenvalue weighted by Crippen LogP contribution is -2.03. The molecule has 1 rings (SSSR count). The van der Waals surface area contributed by atoms with E-state index in [0.717, 1.165) is 11.2 Å². The first-order valence-electron chi connectivity index (χ1n) is 4.92. The third-order valence-electron chi connectivity index (χ3n) is 2.05. The molecular formula is C12H14O3S2. The van der Waals surface area contributed by atoms with Crippen molar-refractivity contribution in [3.05, 3.63) is 41.3 Å². The summed E-state index contributed by atoms with van der Waals surface area (Å²) in [6.45, 7) is 5.54. The van der Waals surface area contributed by atoms with E-state index in [9.17, 15) is 13.2 Å². The van der Waals surface area contributed by atoms with Crippen molar-refractivity contribution in [1.29, 1.82) is 0 Å². The van der Waals surface area contributed by atoms with E-state index in [1.165, 1.54) is 36.0 Å². The molecule has 0 spiro atoms. The zero-order chi connectivity index (χ0) is 13.1. The minimum atomic E-state index is -3.20. The summed E-state index contributed by atoms with van der Waals surface area (Å²) in [4.78, 5) is 12.8. The van der Waals surface area contributed by atoms with Crippen molar-refractivity contribution in [2.24, 2.45) is 0 Å². The molecule has 0 saturated carbocycles. The van der Waals surface area contributed by atoms with Crippen molar-refractivity contribution in [3.8, 4) is 0 Å². The quantitative estimate of drug-likeness (QED) is 0.772. The maximum Gasteiger partial charge on any atom is 0.175 e. The van der Waals surface area contributed by atoms with Crippen LogP contribution in [0.2, 0.25) is 0 Å². The molecule has 17 heavy (non-hydrogen) atoms. The van der Waals surface area contributed by atoms with E-state index >= 15 is 0 Å². The number of hydrogen-bond donors (Lipinski definition) is 0. The van der Waals surface area contributed by atoms with Crippen molar-refractivity contribution in [2.45, 2.75) is 11.8 Å². The van der Waals surface area contributed by atoms with Gasteiger partial charge in [0.15, 0.2) is 15.6 Å². The molecule has 1 aromatic rings. The highest BCUT2D eigenvalue weighted by molar-refractivity contribution is 8.03. The Hall–Kier alpha value is -1.07. The highest BCUT2D eigenvalue weighted by Gasteiger charge is 2.09. The molecule has 0 unspecified atom stereocenters. The van der Waals surface area contributed by atoms with Gasteiger partial charge in [-0.1, -0.05) is 18.7 Å². The Bertz CT molecular complexity index is 527. The number of rotatable bonds is 5. The molecule has 0 aromatic heterocycles. The fourth-order valence-corrected chi connectivity index (χ4v) is 2.33. The maximum atomic E-state index is 11.7. The van der Waals surface area contributed by atoms with E-state index in [2.05, 4.69) is 6.58 Å². The summed E-state index contributed by atoms with van der Waals surface area (Å²) in [6.07, 6.45) is 1.14. The van der Waals surface area contributed by atoms with E-state index in [4.69, 9.17) is 0 Å². The van der Waals surface area contributed by atoms with Crippen LogP contribution in [0.4, 0.5) is 0 Å². The van der Waals surface area contributed by atoms with Gasteiger partial charge in [-0.2, -0.15) is 0 Å². The van der Waals surface area contributed by atoms with Gasteiger partial charge in [0.05, 0.1) is 10.6 Å². The fraction of sp³-hybridized carbons (Fsp3) is 0.250. The van der Waals surface area contributed by atoms with Gasteiger partial charge in [0.2, 0.25) is 0 Å². The minimum absolute atomic E-state index is 0.0296. The highest BCUT2D eigenvalue weighted by Crippen LogP contribution is 2.16. The fourth-order valence-electron chi connectivity index (χ4n) is 1.16. The molecule has 0 heterocycles. The second kappa shape index (κ2) is 5.51.